The molecule has 0 amide bonds. The highest BCUT2D eigenvalue weighted by atomic mass is 35.5. The minimum Gasteiger partial charge on any atom is -0.309 e. The molecule has 1 aromatic rings. The summed E-state index contributed by atoms with van der Waals surface area (Å²) in [4.78, 5) is 2.09. The first kappa shape index (κ1) is 14.5. The SMILES string of the molecule is CC1NN=C2C=CC(c3nnc(SCCCCl)n3C)=CN21. The quantitative estimate of drug-likeness (QED) is 0.510. The number of halogens is 1. The fourth-order valence-corrected chi connectivity index (χ4v) is 3.32. The van der Waals surface area contributed by atoms with Crippen molar-refractivity contribution >= 4 is 34.8 Å². The van der Waals surface area contributed by atoms with Gasteiger partial charge in [0.15, 0.2) is 16.8 Å². The van der Waals surface area contributed by atoms with Gasteiger partial charge in [0.25, 0.3) is 0 Å². The van der Waals surface area contributed by atoms with E-state index in [2.05, 4.69) is 38.7 Å². The molecular weight excluding hydrogens is 308 g/mol. The van der Waals surface area contributed by atoms with Gasteiger partial charge in [-0.3, -0.25) is 5.43 Å². The van der Waals surface area contributed by atoms with Gasteiger partial charge in [-0.05, 0) is 25.5 Å². The Bertz CT molecular complexity index is 620. The lowest BCUT2D eigenvalue weighted by atomic mass is 10.2. The molecule has 3 rings (SSSR count). The topological polar surface area (TPSA) is 58.3 Å². The summed E-state index contributed by atoms with van der Waals surface area (Å²) in [6, 6.07) is 0. The smallest absolute Gasteiger partial charge is 0.191 e. The minimum atomic E-state index is 0.158. The zero-order valence-electron chi connectivity index (χ0n) is 12.0. The number of hydrogen-bond acceptors (Lipinski definition) is 6. The highest BCUT2D eigenvalue weighted by Gasteiger charge is 2.25. The Kier molecular flexibility index (Phi) is 4.21. The molecule has 0 aliphatic carbocycles. The van der Waals surface area contributed by atoms with Crippen molar-refractivity contribution in [2.75, 3.05) is 11.6 Å². The molecule has 112 valence electrons. The van der Waals surface area contributed by atoms with Gasteiger partial charge in [0, 0.05) is 30.5 Å². The molecule has 0 saturated carbocycles. The fraction of sp³-hybridized carbons (Fsp3) is 0.462. The first-order chi connectivity index (χ1) is 10.2. The summed E-state index contributed by atoms with van der Waals surface area (Å²) < 4.78 is 2.02. The van der Waals surface area contributed by atoms with Crippen LogP contribution in [0, 0.1) is 0 Å². The van der Waals surface area contributed by atoms with Crippen molar-refractivity contribution in [2.24, 2.45) is 12.1 Å². The molecule has 0 fully saturated rings. The summed E-state index contributed by atoms with van der Waals surface area (Å²) in [5.41, 5.74) is 4.08. The molecule has 1 unspecified atom stereocenters. The van der Waals surface area contributed by atoms with E-state index in [1.165, 1.54) is 0 Å². The molecule has 1 aromatic heterocycles. The average molecular weight is 325 g/mol. The van der Waals surface area contributed by atoms with E-state index in [0.717, 1.165) is 34.6 Å². The molecule has 2 aliphatic rings. The van der Waals surface area contributed by atoms with Crippen LogP contribution < -0.4 is 5.43 Å². The maximum Gasteiger partial charge on any atom is 0.191 e. The van der Waals surface area contributed by atoms with Crippen molar-refractivity contribution in [1.29, 1.82) is 0 Å². The number of amidine groups is 1. The molecule has 3 heterocycles. The number of nitrogens with one attached hydrogen (secondary N) is 1. The van der Waals surface area contributed by atoms with Crippen LogP contribution in [0.1, 0.15) is 19.2 Å². The lowest BCUT2D eigenvalue weighted by Gasteiger charge is -2.22. The van der Waals surface area contributed by atoms with E-state index < -0.39 is 0 Å². The third-order valence-corrected chi connectivity index (χ3v) is 4.71. The molecule has 8 heteroatoms. The van der Waals surface area contributed by atoms with Crippen LogP contribution in [-0.4, -0.2) is 43.3 Å². The van der Waals surface area contributed by atoms with Crippen LogP contribution >= 0.6 is 23.4 Å². The van der Waals surface area contributed by atoms with Crippen molar-refractivity contribution in [3.8, 4) is 0 Å². The van der Waals surface area contributed by atoms with E-state index in [1.807, 2.05) is 23.8 Å². The highest BCUT2D eigenvalue weighted by Crippen LogP contribution is 2.25. The Morgan fingerprint density at radius 1 is 1.38 bits per heavy atom. The molecule has 2 aliphatic heterocycles. The Morgan fingerprint density at radius 2 is 2.24 bits per heavy atom. The number of nitrogens with zero attached hydrogens (tertiary/aromatic N) is 5. The van der Waals surface area contributed by atoms with Crippen LogP contribution in [0.4, 0.5) is 0 Å². The average Bonchev–Trinajstić information content (AvgIpc) is 3.04. The van der Waals surface area contributed by atoms with Crippen molar-refractivity contribution in [1.82, 2.24) is 25.1 Å². The number of fused-ring (bicyclic) bond motifs is 1. The Balaban J connectivity index is 1.80. The maximum atomic E-state index is 5.70. The van der Waals surface area contributed by atoms with Crippen LogP contribution in [0.15, 0.2) is 28.6 Å². The summed E-state index contributed by atoms with van der Waals surface area (Å²) >= 11 is 7.38. The molecule has 0 spiro atoms. The van der Waals surface area contributed by atoms with Gasteiger partial charge in [-0.15, -0.1) is 21.8 Å². The normalized spacial score (nSPS) is 20.1. The lowest BCUT2D eigenvalue weighted by molar-refractivity contribution is 0.410. The second-order valence-corrected chi connectivity index (χ2v) is 6.30. The summed E-state index contributed by atoms with van der Waals surface area (Å²) in [6.45, 7) is 2.06. The van der Waals surface area contributed by atoms with Gasteiger partial charge >= 0.3 is 0 Å². The van der Waals surface area contributed by atoms with Crippen LogP contribution in [0.25, 0.3) is 5.57 Å². The monoisotopic (exact) mass is 324 g/mol. The second kappa shape index (κ2) is 6.11. The van der Waals surface area contributed by atoms with Gasteiger partial charge in [0.05, 0.1) is 0 Å². The van der Waals surface area contributed by atoms with Crippen LogP contribution in [-0.2, 0) is 7.05 Å². The van der Waals surface area contributed by atoms with E-state index in [-0.39, 0.29) is 6.17 Å². The fourth-order valence-electron chi connectivity index (χ4n) is 2.18. The van der Waals surface area contributed by atoms with E-state index in [9.17, 15) is 0 Å². The predicted molar refractivity (Wildman–Crippen MR) is 86.1 cm³/mol. The van der Waals surface area contributed by atoms with Gasteiger partial charge in [-0.1, -0.05) is 11.8 Å². The number of rotatable bonds is 5. The van der Waals surface area contributed by atoms with Gasteiger partial charge in [-0.2, -0.15) is 5.10 Å². The number of thioether (sulfide) groups is 1. The zero-order valence-corrected chi connectivity index (χ0v) is 13.5. The third kappa shape index (κ3) is 2.80. The molecule has 1 N–H and O–H groups in total. The van der Waals surface area contributed by atoms with Gasteiger partial charge in [0.1, 0.15) is 6.17 Å². The highest BCUT2D eigenvalue weighted by molar-refractivity contribution is 7.99. The maximum absolute atomic E-state index is 5.70. The summed E-state index contributed by atoms with van der Waals surface area (Å²) in [5, 5.41) is 13.7. The number of hydrogen-bond donors (Lipinski definition) is 1. The molecule has 6 nitrogen and oxygen atoms in total. The van der Waals surface area contributed by atoms with Crippen LogP contribution in [0.2, 0.25) is 0 Å². The molecule has 0 bridgehead atoms. The van der Waals surface area contributed by atoms with Gasteiger partial charge in [-0.25, -0.2) is 0 Å². The Hall–Kier alpha value is -1.47. The number of aromatic nitrogens is 3. The molecule has 0 aromatic carbocycles. The van der Waals surface area contributed by atoms with Crippen molar-refractivity contribution in [3.63, 3.8) is 0 Å². The zero-order chi connectivity index (χ0) is 14.8. The van der Waals surface area contributed by atoms with Gasteiger partial charge in [0.2, 0.25) is 0 Å². The van der Waals surface area contributed by atoms with Crippen molar-refractivity contribution in [2.45, 2.75) is 24.7 Å². The second-order valence-electron chi connectivity index (χ2n) is 4.86. The van der Waals surface area contributed by atoms with E-state index >= 15 is 0 Å². The Morgan fingerprint density at radius 3 is 3.05 bits per heavy atom. The minimum absolute atomic E-state index is 0.158. The largest absolute Gasteiger partial charge is 0.309 e. The number of alkyl halides is 1. The molecule has 21 heavy (non-hydrogen) atoms. The predicted octanol–water partition coefficient (Wildman–Crippen LogP) is 2.01. The van der Waals surface area contributed by atoms with E-state index in [1.54, 1.807) is 11.8 Å². The standard InChI is InChI=1S/C13H17ClN6S/c1-9-15-16-11-5-4-10(8-20(9)11)12-17-18-13(19(12)2)21-7-3-6-14/h4-5,8-9,15H,3,6-7H2,1-2H3. The molecule has 0 radical (unpaired) electrons. The first-order valence-electron chi connectivity index (χ1n) is 6.80. The van der Waals surface area contributed by atoms with Crippen molar-refractivity contribution in [3.05, 3.63) is 24.2 Å². The van der Waals surface area contributed by atoms with Crippen molar-refractivity contribution < 1.29 is 0 Å². The van der Waals surface area contributed by atoms with Crippen LogP contribution in [0.5, 0.6) is 0 Å². The lowest BCUT2D eigenvalue weighted by Crippen LogP contribution is -2.34. The first-order valence-corrected chi connectivity index (χ1v) is 8.32. The summed E-state index contributed by atoms with van der Waals surface area (Å²) in [5.74, 6) is 3.41. The number of allylic oxidation sites excluding steroid dienone is 2. The summed E-state index contributed by atoms with van der Waals surface area (Å²) in [7, 11) is 1.99. The van der Waals surface area contributed by atoms with E-state index in [0.29, 0.717) is 5.88 Å². The number of hydrazone groups is 1. The van der Waals surface area contributed by atoms with Crippen LogP contribution in [0.3, 0.4) is 0 Å². The van der Waals surface area contributed by atoms with Gasteiger partial charge < -0.3 is 9.47 Å². The van der Waals surface area contributed by atoms with E-state index in [4.69, 9.17) is 11.6 Å². The summed E-state index contributed by atoms with van der Waals surface area (Å²) in [6.07, 6.45) is 7.19. The molecule has 0 saturated heterocycles. The Labute approximate surface area is 132 Å². The third-order valence-electron chi connectivity index (χ3n) is 3.34. The molecule has 1 atom stereocenters. The molecular formula is C13H17ClN6S.